The van der Waals surface area contributed by atoms with Gasteiger partial charge < -0.3 is 19.7 Å². The SMILES string of the molecule is O=C(O)CCC(=O)N1CCC(c2nccnc2Oc2ccc(C(=O)c3nc4ccccc4[nH]3)cc2)CC1. The number of aromatic nitrogens is 4. The summed E-state index contributed by atoms with van der Waals surface area (Å²) in [5.41, 5.74) is 2.72. The van der Waals surface area contributed by atoms with Crippen LogP contribution in [0.2, 0.25) is 0 Å². The van der Waals surface area contributed by atoms with E-state index in [2.05, 4.69) is 19.9 Å². The Labute approximate surface area is 212 Å². The molecule has 0 atom stereocenters. The lowest BCUT2D eigenvalue weighted by Gasteiger charge is -2.32. The van der Waals surface area contributed by atoms with Crippen LogP contribution < -0.4 is 4.74 Å². The molecule has 1 saturated heterocycles. The summed E-state index contributed by atoms with van der Waals surface area (Å²) < 4.78 is 6.04. The second kappa shape index (κ2) is 10.6. The molecule has 37 heavy (non-hydrogen) atoms. The molecule has 4 aromatic rings. The van der Waals surface area contributed by atoms with Gasteiger partial charge in [0.2, 0.25) is 17.6 Å². The number of amides is 1. The number of hydrogen-bond acceptors (Lipinski definition) is 7. The molecule has 0 unspecified atom stereocenters. The third-order valence-corrected chi connectivity index (χ3v) is 6.41. The summed E-state index contributed by atoms with van der Waals surface area (Å²) in [6.07, 6.45) is 4.38. The first kappa shape index (κ1) is 24.1. The summed E-state index contributed by atoms with van der Waals surface area (Å²) in [4.78, 5) is 53.9. The predicted octanol–water partition coefficient (Wildman–Crippen LogP) is 3.95. The van der Waals surface area contributed by atoms with Crippen LogP contribution in [0.4, 0.5) is 0 Å². The van der Waals surface area contributed by atoms with E-state index in [9.17, 15) is 14.4 Å². The lowest BCUT2D eigenvalue weighted by Crippen LogP contribution is -2.38. The summed E-state index contributed by atoms with van der Waals surface area (Å²) in [6, 6.07) is 14.2. The van der Waals surface area contributed by atoms with Crippen molar-refractivity contribution in [2.24, 2.45) is 0 Å². The van der Waals surface area contributed by atoms with Crippen LogP contribution in [-0.2, 0) is 9.59 Å². The number of fused-ring (bicyclic) bond motifs is 1. The Hall–Kier alpha value is -4.60. The number of H-pyrrole nitrogens is 1. The number of hydrogen-bond donors (Lipinski definition) is 2. The van der Waals surface area contributed by atoms with E-state index in [1.807, 2.05) is 24.3 Å². The first-order valence-electron chi connectivity index (χ1n) is 12.1. The summed E-state index contributed by atoms with van der Waals surface area (Å²) >= 11 is 0. The van der Waals surface area contributed by atoms with Crippen molar-refractivity contribution in [2.75, 3.05) is 13.1 Å². The summed E-state index contributed by atoms with van der Waals surface area (Å²) in [5.74, 6) is -0.100. The molecule has 0 aliphatic carbocycles. The Morgan fingerprint density at radius 3 is 2.43 bits per heavy atom. The Morgan fingerprint density at radius 1 is 0.973 bits per heavy atom. The Kier molecular flexibility index (Phi) is 6.89. The standard InChI is InChI=1S/C27H25N5O5/c33-22(9-10-23(34)35)32-15-11-17(12-16-32)24-27(29-14-13-28-24)37-19-7-5-18(6-8-19)25(36)26-30-20-3-1-2-4-21(20)31-26/h1-8,13-14,17H,9-12,15-16H2,(H,30,31)(H,34,35). The number of rotatable bonds is 8. The smallest absolute Gasteiger partial charge is 0.303 e. The molecule has 0 saturated carbocycles. The number of aliphatic carboxylic acids is 1. The molecule has 0 radical (unpaired) electrons. The molecule has 5 rings (SSSR count). The number of carbonyl (C=O) groups excluding carboxylic acids is 2. The fraction of sp³-hybridized carbons (Fsp3) is 0.259. The number of ketones is 1. The lowest BCUT2D eigenvalue weighted by atomic mass is 9.93. The molecule has 188 valence electrons. The molecule has 0 bridgehead atoms. The molecule has 2 aromatic carbocycles. The fourth-order valence-corrected chi connectivity index (χ4v) is 4.45. The molecule has 10 nitrogen and oxygen atoms in total. The monoisotopic (exact) mass is 499 g/mol. The number of piperidine rings is 1. The minimum absolute atomic E-state index is 0.00828. The highest BCUT2D eigenvalue weighted by Gasteiger charge is 2.27. The van der Waals surface area contributed by atoms with Gasteiger partial charge in [0.1, 0.15) is 11.4 Å². The molecule has 2 aromatic heterocycles. The zero-order valence-electron chi connectivity index (χ0n) is 20.0. The van der Waals surface area contributed by atoms with E-state index >= 15 is 0 Å². The van der Waals surface area contributed by atoms with E-state index in [0.717, 1.165) is 11.0 Å². The van der Waals surface area contributed by atoms with Crippen LogP contribution in [0, 0.1) is 0 Å². The van der Waals surface area contributed by atoms with Crippen LogP contribution in [0.25, 0.3) is 11.0 Å². The minimum atomic E-state index is -0.975. The number of carboxylic acids is 1. The van der Waals surface area contributed by atoms with Crippen molar-refractivity contribution in [3.05, 3.63) is 78.0 Å². The maximum atomic E-state index is 12.9. The number of nitrogens with one attached hydrogen (secondary N) is 1. The molecular weight excluding hydrogens is 474 g/mol. The van der Waals surface area contributed by atoms with Gasteiger partial charge in [-0.1, -0.05) is 12.1 Å². The predicted molar refractivity (Wildman–Crippen MR) is 133 cm³/mol. The Morgan fingerprint density at radius 2 is 1.70 bits per heavy atom. The second-order valence-electron chi connectivity index (χ2n) is 8.85. The quantitative estimate of drug-likeness (QED) is 0.348. The molecule has 2 N–H and O–H groups in total. The highest BCUT2D eigenvalue weighted by Crippen LogP contribution is 2.33. The van der Waals surface area contributed by atoms with Crippen molar-refractivity contribution in [3.8, 4) is 11.6 Å². The maximum Gasteiger partial charge on any atom is 0.303 e. The number of carbonyl (C=O) groups is 3. The number of likely N-dealkylation sites (tertiary alicyclic amines) is 1. The van der Waals surface area contributed by atoms with Gasteiger partial charge in [-0.25, -0.2) is 9.97 Å². The number of benzene rings is 2. The van der Waals surface area contributed by atoms with Gasteiger partial charge in [0, 0.05) is 43.4 Å². The number of ether oxygens (including phenoxy) is 1. The lowest BCUT2D eigenvalue weighted by molar-refractivity contribution is -0.141. The van der Waals surface area contributed by atoms with Crippen LogP contribution in [0.1, 0.15) is 53.5 Å². The van der Waals surface area contributed by atoms with Crippen molar-refractivity contribution in [2.45, 2.75) is 31.6 Å². The molecule has 10 heteroatoms. The van der Waals surface area contributed by atoms with Gasteiger partial charge in [0.25, 0.3) is 0 Å². The van der Waals surface area contributed by atoms with Crippen molar-refractivity contribution < 1.29 is 24.2 Å². The fourth-order valence-electron chi connectivity index (χ4n) is 4.45. The molecule has 1 amide bonds. The van der Waals surface area contributed by atoms with E-state index in [0.29, 0.717) is 48.8 Å². The average molecular weight is 500 g/mol. The first-order chi connectivity index (χ1) is 18.0. The topological polar surface area (TPSA) is 138 Å². The molecule has 1 aliphatic rings. The van der Waals surface area contributed by atoms with Crippen molar-refractivity contribution >= 4 is 28.7 Å². The molecule has 0 spiro atoms. The van der Waals surface area contributed by atoms with Gasteiger partial charge >= 0.3 is 5.97 Å². The van der Waals surface area contributed by atoms with Gasteiger partial charge in [0.05, 0.1) is 17.5 Å². The molecule has 1 fully saturated rings. The van der Waals surface area contributed by atoms with Crippen LogP contribution in [0.3, 0.4) is 0 Å². The molecular formula is C27H25N5O5. The van der Waals surface area contributed by atoms with E-state index in [-0.39, 0.29) is 36.3 Å². The van der Waals surface area contributed by atoms with E-state index < -0.39 is 5.97 Å². The number of nitrogens with zero attached hydrogens (tertiary/aromatic N) is 4. The van der Waals surface area contributed by atoms with Gasteiger partial charge in [-0.05, 0) is 49.2 Å². The number of aromatic amines is 1. The molecule has 3 heterocycles. The third-order valence-electron chi connectivity index (χ3n) is 6.41. The normalized spacial score (nSPS) is 14.0. The average Bonchev–Trinajstić information content (AvgIpc) is 3.37. The number of carboxylic acid groups (broad SMARTS) is 1. The maximum absolute atomic E-state index is 12.9. The minimum Gasteiger partial charge on any atom is -0.481 e. The van der Waals surface area contributed by atoms with Crippen LogP contribution in [0.15, 0.2) is 60.9 Å². The van der Waals surface area contributed by atoms with Crippen molar-refractivity contribution in [1.29, 1.82) is 0 Å². The van der Waals surface area contributed by atoms with Gasteiger partial charge in [-0.2, -0.15) is 0 Å². The Balaban J connectivity index is 1.24. The zero-order valence-corrected chi connectivity index (χ0v) is 20.0. The van der Waals surface area contributed by atoms with Crippen LogP contribution in [-0.4, -0.2) is 60.7 Å². The summed E-state index contributed by atoms with van der Waals surface area (Å²) in [7, 11) is 0. The largest absolute Gasteiger partial charge is 0.481 e. The van der Waals surface area contributed by atoms with E-state index in [4.69, 9.17) is 9.84 Å². The summed E-state index contributed by atoms with van der Waals surface area (Å²) in [6.45, 7) is 1.05. The number of para-hydroxylation sites is 2. The van der Waals surface area contributed by atoms with Gasteiger partial charge in [-0.3, -0.25) is 19.4 Å². The van der Waals surface area contributed by atoms with Gasteiger partial charge in [0.15, 0.2) is 5.82 Å². The first-order valence-corrected chi connectivity index (χ1v) is 12.1. The van der Waals surface area contributed by atoms with E-state index in [1.54, 1.807) is 41.6 Å². The summed E-state index contributed by atoms with van der Waals surface area (Å²) in [5, 5.41) is 8.80. The van der Waals surface area contributed by atoms with Crippen LogP contribution >= 0.6 is 0 Å². The zero-order chi connectivity index (χ0) is 25.8. The third kappa shape index (κ3) is 5.48. The van der Waals surface area contributed by atoms with E-state index in [1.165, 1.54) is 0 Å². The second-order valence-corrected chi connectivity index (χ2v) is 8.85. The number of imidazole rings is 1. The van der Waals surface area contributed by atoms with Crippen molar-refractivity contribution in [1.82, 2.24) is 24.8 Å². The highest BCUT2D eigenvalue weighted by molar-refractivity contribution is 6.08. The molecule has 1 aliphatic heterocycles. The highest BCUT2D eigenvalue weighted by atomic mass is 16.5. The Bertz CT molecular complexity index is 1410. The van der Waals surface area contributed by atoms with Crippen LogP contribution in [0.5, 0.6) is 11.6 Å². The van der Waals surface area contributed by atoms with Gasteiger partial charge in [-0.15, -0.1) is 0 Å². The van der Waals surface area contributed by atoms with Crippen molar-refractivity contribution in [3.63, 3.8) is 0 Å².